The number of carbonyl (C=O) groups is 1. The SMILES string of the molecule is CCOC[C@@H]1CN(C(=O)[C@@H](C)Cl)CC12CCC2. The minimum absolute atomic E-state index is 0.0805. The molecule has 17 heavy (non-hydrogen) atoms. The Kier molecular flexibility index (Phi) is 3.99. The van der Waals surface area contributed by atoms with Gasteiger partial charge in [-0.1, -0.05) is 6.42 Å². The van der Waals surface area contributed by atoms with Gasteiger partial charge in [0, 0.05) is 25.6 Å². The van der Waals surface area contributed by atoms with Crippen molar-refractivity contribution in [3.05, 3.63) is 0 Å². The molecule has 1 saturated carbocycles. The number of ether oxygens (including phenoxy) is 1. The van der Waals surface area contributed by atoms with Crippen LogP contribution in [0.25, 0.3) is 0 Å². The van der Waals surface area contributed by atoms with Crippen molar-refractivity contribution < 1.29 is 9.53 Å². The highest BCUT2D eigenvalue weighted by molar-refractivity contribution is 6.30. The summed E-state index contributed by atoms with van der Waals surface area (Å²) in [5.74, 6) is 0.590. The van der Waals surface area contributed by atoms with Gasteiger partial charge in [0.1, 0.15) is 5.38 Å². The molecule has 2 rings (SSSR count). The number of halogens is 1. The monoisotopic (exact) mass is 259 g/mol. The van der Waals surface area contributed by atoms with Crippen LogP contribution in [0.5, 0.6) is 0 Å². The Morgan fingerprint density at radius 1 is 1.59 bits per heavy atom. The van der Waals surface area contributed by atoms with Gasteiger partial charge in [-0.15, -0.1) is 11.6 Å². The predicted molar refractivity (Wildman–Crippen MR) is 68.2 cm³/mol. The topological polar surface area (TPSA) is 29.5 Å². The molecule has 2 aliphatic rings. The van der Waals surface area contributed by atoms with Crippen LogP contribution in [0.4, 0.5) is 0 Å². The molecule has 1 heterocycles. The molecule has 1 aliphatic heterocycles. The van der Waals surface area contributed by atoms with Crippen LogP contribution in [0.1, 0.15) is 33.1 Å². The third-order valence-corrected chi connectivity index (χ3v) is 4.52. The Balaban J connectivity index is 1.99. The van der Waals surface area contributed by atoms with Crippen LogP contribution < -0.4 is 0 Å². The molecule has 1 saturated heterocycles. The highest BCUT2D eigenvalue weighted by Crippen LogP contribution is 2.51. The number of nitrogens with zero attached hydrogens (tertiary/aromatic N) is 1. The first-order chi connectivity index (χ1) is 8.09. The Morgan fingerprint density at radius 3 is 2.76 bits per heavy atom. The molecule has 0 unspecified atom stereocenters. The fourth-order valence-corrected chi connectivity index (χ4v) is 3.28. The largest absolute Gasteiger partial charge is 0.381 e. The molecule has 0 bridgehead atoms. The molecule has 1 spiro atoms. The lowest BCUT2D eigenvalue weighted by atomic mass is 9.63. The standard InChI is InChI=1S/C13H22ClNO2/c1-3-17-8-11-7-15(12(16)10(2)14)9-13(11)5-4-6-13/h10-11H,3-9H2,1-2H3/t10-,11+/m1/s1. The summed E-state index contributed by atoms with van der Waals surface area (Å²) >= 11 is 5.89. The van der Waals surface area contributed by atoms with E-state index in [0.29, 0.717) is 11.3 Å². The second-order valence-corrected chi connectivity index (χ2v) is 6.06. The normalized spacial score (nSPS) is 28.2. The summed E-state index contributed by atoms with van der Waals surface area (Å²) in [4.78, 5) is 13.9. The van der Waals surface area contributed by atoms with Gasteiger partial charge in [-0.2, -0.15) is 0 Å². The lowest BCUT2D eigenvalue weighted by Crippen LogP contribution is -2.40. The highest BCUT2D eigenvalue weighted by atomic mass is 35.5. The Labute approximate surface area is 108 Å². The van der Waals surface area contributed by atoms with E-state index >= 15 is 0 Å². The maximum absolute atomic E-state index is 11.9. The molecular weight excluding hydrogens is 238 g/mol. The molecule has 1 aliphatic carbocycles. The van der Waals surface area contributed by atoms with E-state index in [9.17, 15) is 4.79 Å². The number of hydrogen-bond donors (Lipinski definition) is 0. The summed E-state index contributed by atoms with van der Waals surface area (Å²) in [6.45, 7) is 7.04. The molecule has 0 aromatic rings. The molecule has 0 N–H and O–H groups in total. The number of hydrogen-bond acceptors (Lipinski definition) is 2. The average Bonchev–Trinajstić information content (AvgIpc) is 2.64. The maximum Gasteiger partial charge on any atom is 0.240 e. The van der Waals surface area contributed by atoms with E-state index in [4.69, 9.17) is 16.3 Å². The number of rotatable bonds is 4. The molecule has 98 valence electrons. The maximum atomic E-state index is 11.9. The summed E-state index contributed by atoms with van der Waals surface area (Å²) in [6, 6.07) is 0. The van der Waals surface area contributed by atoms with Crippen LogP contribution in [0.3, 0.4) is 0 Å². The molecule has 0 radical (unpaired) electrons. The summed E-state index contributed by atoms with van der Waals surface area (Å²) in [5.41, 5.74) is 0.344. The predicted octanol–water partition coefficient (Wildman–Crippen LogP) is 2.28. The van der Waals surface area contributed by atoms with E-state index in [1.54, 1.807) is 6.92 Å². The van der Waals surface area contributed by atoms with Gasteiger partial charge in [0.2, 0.25) is 5.91 Å². The number of alkyl halides is 1. The van der Waals surface area contributed by atoms with Gasteiger partial charge in [0.05, 0.1) is 6.61 Å². The average molecular weight is 260 g/mol. The van der Waals surface area contributed by atoms with Gasteiger partial charge in [0.25, 0.3) is 0 Å². The first-order valence-corrected chi connectivity index (χ1v) is 7.03. The molecule has 0 aromatic heterocycles. The van der Waals surface area contributed by atoms with E-state index < -0.39 is 5.38 Å². The van der Waals surface area contributed by atoms with Gasteiger partial charge in [-0.05, 0) is 32.1 Å². The zero-order valence-electron chi connectivity index (χ0n) is 10.7. The fourth-order valence-electron chi connectivity index (χ4n) is 3.14. The van der Waals surface area contributed by atoms with Crippen molar-refractivity contribution in [1.82, 2.24) is 4.90 Å². The molecule has 3 nitrogen and oxygen atoms in total. The number of carbonyl (C=O) groups excluding carboxylic acids is 1. The van der Waals surface area contributed by atoms with E-state index in [1.807, 2.05) is 11.8 Å². The first-order valence-electron chi connectivity index (χ1n) is 6.59. The van der Waals surface area contributed by atoms with Crippen molar-refractivity contribution >= 4 is 17.5 Å². The Hall–Kier alpha value is -0.280. The van der Waals surface area contributed by atoms with Gasteiger partial charge in [-0.3, -0.25) is 4.79 Å². The van der Waals surface area contributed by atoms with Crippen molar-refractivity contribution in [2.24, 2.45) is 11.3 Å². The van der Waals surface area contributed by atoms with Crippen molar-refractivity contribution in [2.45, 2.75) is 38.5 Å². The van der Waals surface area contributed by atoms with Crippen molar-refractivity contribution in [1.29, 1.82) is 0 Å². The highest BCUT2D eigenvalue weighted by Gasteiger charge is 2.51. The third-order valence-electron chi connectivity index (χ3n) is 4.34. The van der Waals surface area contributed by atoms with Crippen LogP contribution in [-0.2, 0) is 9.53 Å². The second kappa shape index (κ2) is 5.15. The van der Waals surface area contributed by atoms with Crippen LogP contribution in [-0.4, -0.2) is 42.5 Å². The van der Waals surface area contributed by atoms with Crippen LogP contribution >= 0.6 is 11.6 Å². The zero-order valence-corrected chi connectivity index (χ0v) is 11.5. The smallest absolute Gasteiger partial charge is 0.240 e. The van der Waals surface area contributed by atoms with Gasteiger partial charge < -0.3 is 9.64 Å². The number of likely N-dealkylation sites (tertiary alicyclic amines) is 1. The van der Waals surface area contributed by atoms with E-state index in [0.717, 1.165) is 26.3 Å². The van der Waals surface area contributed by atoms with Crippen LogP contribution in [0.2, 0.25) is 0 Å². The molecule has 0 aromatic carbocycles. The fraction of sp³-hybridized carbons (Fsp3) is 0.923. The third kappa shape index (κ3) is 2.45. The summed E-state index contributed by atoms with van der Waals surface area (Å²) in [7, 11) is 0. The lowest BCUT2D eigenvalue weighted by molar-refractivity contribution is -0.130. The molecular formula is C13H22ClNO2. The van der Waals surface area contributed by atoms with E-state index in [1.165, 1.54) is 19.3 Å². The first kappa shape index (κ1) is 13.2. The van der Waals surface area contributed by atoms with E-state index in [2.05, 4.69) is 0 Å². The van der Waals surface area contributed by atoms with E-state index in [-0.39, 0.29) is 5.91 Å². The Bertz CT molecular complexity index is 289. The summed E-state index contributed by atoms with van der Waals surface area (Å²) in [5, 5.41) is -0.405. The lowest BCUT2D eigenvalue weighted by Gasteiger charge is -2.42. The minimum Gasteiger partial charge on any atom is -0.381 e. The quantitative estimate of drug-likeness (QED) is 0.725. The van der Waals surface area contributed by atoms with Crippen molar-refractivity contribution in [2.75, 3.05) is 26.3 Å². The Morgan fingerprint density at radius 2 is 2.29 bits per heavy atom. The molecule has 1 amide bonds. The summed E-state index contributed by atoms with van der Waals surface area (Å²) in [6.07, 6.45) is 3.78. The van der Waals surface area contributed by atoms with Crippen molar-refractivity contribution in [3.8, 4) is 0 Å². The van der Waals surface area contributed by atoms with Crippen LogP contribution in [0, 0.1) is 11.3 Å². The zero-order chi connectivity index (χ0) is 12.5. The van der Waals surface area contributed by atoms with Crippen molar-refractivity contribution in [3.63, 3.8) is 0 Å². The second-order valence-electron chi connectivity index (χ2n) is 5.41. The molecule has 4 heteroatoms. The minimum atomic E-state index is -0.405. The molecule has 2 fully saturated rings. The molecule has 2 atom stereocenters. The van der Waals surface area contributed by atoms with Gasteiger partial charge in [-0.25, -0.2) is 0 Å². The van der Waals surface area contributed by atoms with Crippen LogP contribution in [0.15, 0.2) is 0 Å². The van der Waals surface area contributed by atoms with Gasteiger partial charge >= 0.3 is 0 Å². The summed E-state index contributed by atoms with van der Waals surface area (Å²) < 4.78 is 5.57. The van der Waals surface area contributed by atoms with Gasteiger partial charge in [0.15, 0.2) is 0 Å². The number of amides is 1.